The van der Waals surface area contributed by atoms with E-state index in [1.807, 2.05) is 6.92 Å². The van der Waals surface area contributed by atoms with Gasteiger partial charge >= 0.3 is 0 Å². The third-order valence-electron chi connectivity index (χ3n) is 3.85. The highest BCUT2D eigenvalue weighted by molar-refractivity contribution is 7.92. The predicted molar refractivity (Wildman–Crippen MR) is 95.1 cm³/mol. The molecule has 24 heavy (non-hydrogen) atoms. The van der Waals surface area contributed by atoms with Gasteiger partial charge in [0.05, 0.1) is 23.1 Å². The lowest BCUT2D eigenvalue weighted by Crippen LogP contribution is -2.33. The highest BCUT2D eigenvalue weighted by atomic mass is 35.5. The van der Waals surface area contributed by atoms with Gasteiger partial charge in [-0.15, -0.1) is 0 Å². The molecule has 0 spiro atoms. The molecule has 134 valence electrons. The van der Waals surface area contributed by atoms with Gasteiger partial charge in [-0.2, -0.15) is 0 Å². The zero-order chi connectivity index (χ0) is 17.7. The molecule has 1 aliphatic heterocycles. The smallest absolute Gasteiger partial charge is 0.251 e. The third-order valence-corrected chi connectivity index (χ3v) is 4.77. The highest BCUT2D eigenvalue weighted by Crippen LogP contribution is 2.24. The Balaban J connectivity index is 1.94. The largest absolute Gasteiger partial charge is 0.378 e. The first-order chi connectivity index (χ1) is 11.2. The van der Waals surface area contributed by atoms with Crippen LogP contribution in [0.3, 0.4) is 0 Å². The summed E-state index contributed by atoms with van der Waals surface area (Å²) >= 11 is 5.96. The molecule has 0 aromatic heterocycles. The summed E-state index contributed by atoms with van der Waals surface area (Å²) in [7, 11) is -3.46. The number of sulfonamides is 1. The van der Waals surface area contributed by atoms with Crippen molar-refractivity contribution in [1.29, 1.82) is 0 Å². The van der Waals surface area contributed by atoms with Crippen molar-refractivity contribution < 1.29 is 17.9 Å². The van der Waals surface area contributed by atoms with Crippen molar-refractivity contribution in [2.24, 2.45) is 0 Å². The molecule has 8 heteroatoms. The van der Waals surface area contributed by atoms with Gasteiger partial charge < -0.3 is 10.1 Å². The van der Waals surface area contributed by atoms with Crippen LogP contribution in [0.1, 0.15) is 43.0 Å². The van der Waals surface area contributed by atoms with E-state index in [4.69, 9.17) is 16.3 Å². The molecule has 1 aromatic rings. The molecular formula is C16H23ClN2O4S. The van der Waals surface area contributed by atoms with Crippen molar-refractivity contribution in [3.8, 4) is 0 Å². The molecule has 1 saturated heterocycles. The molecule has 0 radical (unpaired) electrons. The second-order valence-electron chi connectivity index (χ2n) is 6.16. The van der Waals surface area contributed by atoms with Crippen LogP contribution in [0, 0.1) is 0 Å². The maximum absolute atomic E-state index is 12.3. The van der Waals surface area contributed by atoms with Gasteiger partial charge in [-0.25, -0.2) is 8.42 Å². The summed E-state index contributed by atoms with van der Waals surface area (Å²) in [5, 5.41) is 3.15. The SMILES string of the molecule is CC(CCC1CCCO1)NC(=O)c1ccc(Cl)c(NS(C)(=O)=O)c1. The van der Waals surface area contributed by atoms with E-state index in [0.717, 1.165) is 38.5 Å². The zero-order valence-corrected chi connectivity index (χ0v) is 15.4. The Kier molecular flexibility index (Phi) is 6.48. The van der Waals surface area contributed by atoms with Crippen molar-refractivity contribution in [3.63, 3.8) is 0 Å². The molecule has 0 aliphatic carbocycles. The fraction of sp³-hybridized carbons (Fsp3) is 0.562. The monoisotopic (exact) mass is 374 g/mol. The summed E-state index contributed by atoms with van der Waals surface area (Å²) in [6.45, 7) is 2.77. The standard InChI is InChI=1S/C16H23ClN2O4S/c1-11(5-7-13-4-3-9-23-13)18-16(20)12-6-8-14(17)15(10-12)19-24(2,21)22/h6,8,10-11,13,19H,3-5,7,9H2,1-2H3,(H,18,20). The lowest BCUT2D eigenvalue weighted by atomic mass is 10.1. The van der Waals surface area contributed by atoms with Gasteiger partial charge in [0.2, 0.25) is 10.0 Å². The highest BCUT2D eigenvalue weighted by Gasteiger charge is 2.18. The van der Waals surface area contributed by atoms with Crippen molar-refractivity contribution in [3.05, 3.63) is 28.8 Å². The summed E-state index contributed by atoms with van der Waals surface area (Å²) in [5.74, 6) is -0.261. The number of halogens is 1. The van der Waals surface area contributed by atoms with E-state index in [9.17, 15) is 13.2 Å². The van der Waals surface area contributed by atoms with Crippen LogP contribution < -0.4 is 10.0 Å². The average molecular weight is 375 g/mol. The van der Waals surface area contributed by atoms with Gasteiger partial charge in [0.1, 0.15) is 0 Å². The molecular weight excluding hydrogens is 352 g/mol. The molecule has 1 fully saturated rings. The Bertz CT molecular complexity index is 687. The first-order valence-electron chi connectivity index (χ1n) is 7.94. The summed E-state index contributed by atoms with van der Waals surface area (Å²) in [6.07, 6.45) is 5.26. The van der Waals surface area contributed by atoms with Crippen LogP contribution >= 0.6 is 11.6 Å². The van der Waals surface area contributed by atoms with Crippen LogP contribution in [0.15, 0.2) is 18.2 Å². The van der Waals surface area contributed by atoms with Crippen LogP contribution in [0.2, 0.25) is 5.02 Å². The maximum atomic E-state index is 12.3. The van der Waals surface area contributed by atoms with Gasteiger partial charge in [0, 0.05) is 18.2 Å². The van der Waals surface area contributed by atoms with Crippen LogP contribution in [-0.2, 0) is 14.8 Å². The lowest BCUT2D eigenvalue weighted by molar-refractivity contribution is 0.0899. The maximum Gasteiger partial charge on any atom is 0.251 e. The van der Waals surface area contributed by atoms with Crippen LogP contribution in [0.5, 0.6) is 0 Å². The molecule has 0 saturated carbocycles. The van der Waals surface area contributed by atoms with E-state index >= 15 is 0 Å². The Hall–Kier alpha value is -1.31. The number of carbonyl (C=O) groups is 1. The molecule has 2 unspecified atom stereocenters. The van der Waals surface area contributed by atoms with Crippen molar-refractivity contribution in [2.45, 2.75) is 44.8 Å². The lowest BCUT2D eigenvalue weighted by Gasteiger charge is -2.17. The minimum absolute atomic E-state index is 0.00342. The number of anilines is 1. The van der Waals surface area contributed by atoms with E-state index in [2.05, 4.69) is 10.0 Å². The summed E-state index contributed by atoms with van der Waals surface area (Å²) in [4.78, 5) is 12.3. The Morgan fingerprint density at radius 3 is 2.83 bits per heavy atom. The second-order valence-corrected chi connectivity index (χ2v) is 8.31. The molecule has 1 amide bonds. The number of nitrogens with one attached hydrogen (secondary N) is 2. The normalized spacial score (nSPS) is 19.0. The van der Waals surface area contributed by atoms with Crippen molar-refractivity contribution in [1.82, 2.24) is 5.32 Å². The van der Waals surface area contributed by atoms with E-state index in [0.29, 0.717) is 11.7 Å². The van der Waals surface area contributed by atoms with Crippen LogP contribution in [0.25, 0.3) is 0 Å². The molecule has 2 atom stereocenters. The molecule has 1 heterocycles. The number of carbonyl (C=O) groups excluding carboxylic acids is 1. The summed E-state index contributed by atoms with van der Waals surface area (Å²) < 4.78 is 30.6. The van der Waals surface area contributed by atoms with Crippen molar-refractivity contribution >= 4 is 33.2 Å². The van der Waals surface area contributed by atoms with Crippen molar-refractivity contribution in [2.75, 3.05) is 17.6 Å². The van der Waals surface area contributed by atoms with Gasteiger partial charge in [0.15, 0.2) is 0 Å². The number of benzene rings is 1. The average Bonchev–Trinajstić information content (AvgIpc) is 2.99. The third kappa shape index (κ3) is 5.96. The van der Waals surface area contributed by atoms with Gasteiger partial charge in [0.25, 0.3) is 5.91 Å². The van der Waals surface area contributed by atoms with Gasteiger partial charge in [-0.05, 0) is 50.8 Å². The molecule has 2 rings (SSSR count). The van der Waals surface area contributed by atoms with Crippen LogP contribution in [0.4, 0.5) is 5.69 Å². The number of ether oxygens (including phenoxy) is 1. The zero-order valence-electron chi connectivity index (χ0n) is 13.8. The van der Waals surface area contributed by atoms with E-state index < -0.39 is 10.0 Å². The molecule has 6 nitrogen and oxygen atoms in total. The van der Waals surface area contributed by atoms with Gasteiger partial charge in [-0.1, -0.05) is 11.6 Å². The molecule has 1 aromatic carbocycles. The Labute approximate surface area is 148 Å². The fourth-order valence-electron chi connectivity index (χ4n) is 2.63. The molecule has 2 N–H and O–H groups in total. The topological polar surface area (TPSA) is 84.5 Å². The number of rotatable bonds is 7. The number of hydrogen-bond acceptors (Lipinski definition) is 4. The van der Waals surface area contributed by atoms with E-state index in [1.54, 1.807) is 6.07 Å². The number of hydrogen-bond donors (Lipinski definition) is 2. The minimum atomic E-state index is -3.46. The molecule has 0 bridgehead atoms. The van der Waals surface area contributed by atoms with E-state index in [1.165, 1.54) is 12.1 Å². The second kappa shape index (κ2) is 8.18. The van der Waals surface area contributed by atoms with Crippen LogP contribution in [-0.4, -0.2) is 39.3 Å². The fourth-order valence-corrected chi connectivity index (χ4v) is 3.42. The Morgan fingerprint density at radius 2 is 2.21 bits per heavy atom. The molecule has 1 aliphatic rings. The summed E-state index contributed by atoms with van der Waals surface area (Å²) in [5.41, 5.74) is 0.549. The minimum Gasteiger partial charge on any atom is -0.378 e. The van der Waals surface area contributed by atoms with Gasteiger partial charge in [-0.3, -0.25) is 9.52 Å². The predicted octanol–water partition coefficient (Wildman–Crippen LogP) is 2.79. The number of amides is 1. The summed E-state index contributed by atoms with van der Waals surface area (Å²) in [6, 6.07) is 4.51. The first kappa shape index (κ1) is 19.0. The first-order valence-corrected chi connectivity index (χ1v) is 10.2. The van der Waals surface area contributed by atoms with E-state index in [-0.39, 0.29) is 22.7 Å². The Morgan fingerprint density at radius 1 is 1.46 bits per heavy atom. The quantitative estimate of drug-likeness (QED) is 0.768.